The minimum absolute atomic E-state index is 0.295. The van der Waals surface area contributed by atoms with Gasteiger partial charge in [-0.2, -0.15) is 0 Å². The third-order valence-electron chi connectivity index (χ3n) is 4.29. The summed E-state index contributed by atoms with van der Waals surface area (Å²) in [5, 5.41) is 4.32. The van der Waals surface area contributed by atoms with Crippen LogP contribution < -0.4 is 10.2 Å². The van der Waals surface area contributed by atoms with E-state index in [0.29, 0.717) is 10.7 Å². The van der Waals surface area contributed by atoms with E-state index in [0.717, 1.165) is 35.4 Å². The number of halogens is 2. The van der Waals surface area contributed by atoms with E-state index in [1.165, 1.54) is 17.2 Å². The first-order valence-electron chi connectivity index (χ1n) is 8.04. The van der Waals surface area contributed by atoms with Crippen LogP contribution in [0.5, 0.6) is 0 Å². The molecule has 0 radical (unpaired) electrons. The fourth-order valence-electron chi connectivity index (χ4n) is 3.15. The summed E-state index contributed by atoms with van der Waals surface area (Å²) < 4.78 is 0. The number of hydrogen-bond donors (Lipinski definition) is 1. The lowest BCUT2D eigenvalue weighted by Gasteiger charge is -2.20. The van der Waals surface area contributed by atoms with Crippen molar-refractivity contribution in [2.24, 2.45) is 0 Å². The van der Waals surface area contributed by atoms with Crippen molar-refractivity contribution in [1.82, 2.24) is 9.97 Å². The number of carbonyl (C=O) groups excluding carboxylic acids is 1. The average Bonchev–Trinajstić information content (AvgIpc) is 3.04. The van der Waals surface area contributed by atoms with E-state index < -0.39 is 0 Å². The van der Waals surface area contributed by atoms with E-state index in [2.05, 4.69) is 20.2 Å². The molecule has 26 heavy (non-hydrogen) atoms. The monoisotopic (exact) mass is 384 g/mol. The second-order valence-electron chi connectivity index (χ2n) is 5.89. The Labute approximate surface area is 160 Å². The zero-order valence-electron chi connectivity index (χ0n) is 13.6. The SMILES string of the molecule is O=C(C=CCl)Nc1ccc2ncnc(N3CCc4ccc(Cl)cc43)c2c1. The van der Waals surface area contributed by atoms with Gasteiger partial charge in [-0.3, -0.25) is 4.79 Å². The summed E-state index contributed by atoms with van der Waals surface area (Å²) in [6, 6.07) is 11.4. The van der Waals surface area contributed by atoms with Crippen molar-refractivity contribution >= 4 is 57.2 Å². The number of amides is 1. The van der Waals surface area contributed by atoms with Crippen LogP contribution >= 0.6 is 23.2 Å². The quantitative estimate of drug-likeness (QED) is 0.666. The van der Waals surface area contributed by atoms with Gasteiger partial charge < -0.3 is 10.2 Å². The van der Waals surface area contributed by atoms with Crippen molar-refractivity contribution in [2.45, 2.75) is 6.42 Å². The molecule has 1 aliphatic rings. The van der Waals surface area contributed by atoms with Gasteiger partial charge in [-0.25, -0.2) is 9.97 Å². The lowest BCUT2D eigenvalue weighted by molar-refractivity contribution is -0.111. The maximum absolute atomic E-state index is 11.8. The molecule has 0 bridgehead atoms. The van der Waals surface area contributed by atoms with Gasteiger partial charge in [0.05, 0.1) is 5.52 Å². The van der Waals surface area contributed by atoms with Crippen molar-refractivity contribution in [3.8, 4) is 0 Å². The van der Waals surface area contributed by atoms with Crippen molar-refractivity contribution in [3.63, 3.8) is 0 Å². The predicted octanol–water partition coefficient (Wildman–Crippen LogP) is 4.67. The molecule has 0 aliphatic carbocycles. The molecule has 0 fully saturated rings. The van der Waals surface area contributed by atoms with Gasteiger partial charge in [0.2, 0.25) is 5.91 Å². The molecular formula is C19H14Cl2N4O. The molecule has 1 amide bonds. The molecule has 2 heterocycles. The zero-order valence-corrected chi connectivity index (χ0v) is 15.1. The molecule has 0 spiro atoms. The van der Waals surface area contributed by atoms with E-state index in [-0.39, 0.29) is 5.91 Å². The Bertz CT molecular complexity index is 1040. The summed E-state index contributed by atoms with van der Waals surface area (Å²) in [6.45, 7) is 0.813. The van der Waals surface area contributed by atoms with Crippen LogP contribution in [-0.2, 0) is 11.2 Å². The molecule has 1 N–H and O–H groups in total. The van der Waals surface area contributed by atoms with E-state index in [1.54, 1.807) is 12.4 Å². The van der Waals surface area contributed by atoms with Crippen molar-refractivity contribution in [3.05, 3.63) is 64.9 Å². The normalized spacial score (nSPS) is 13.4. The Balaban J connectivity index is 1.79. The molecule has 2 aromatic carbocycles. The van der Waals surface area contributed by atoms with Gasteiger partial charge in [0.15, 0.2) is 0 Å². The lowest BCUT2D eigenvalue weighted by Crippen LogP contribution is -2.15. The highest BCUT2D eigenvalue weighted by atomic mass is 35.5. The number of aromatic nitrogens is 2. The summed E-state index contributed by atoms with van der Waals surface area (Å²) in [4.78, 5) is 22.7. The minimum Gasteiger partial charge on any atom is -0.325 e. The summed E-state index contributed by atoms with van der Waals surface area (Å²) in [7, 11) is 0. The Morgan fingerprint density at radius 1 is 1.19 bits per heavy atom. The van der Waals surface area contributed by atoms with E-state index in [4.69, 9.17) is 23.2 Å². The number of nitrogens with one attached hydrogen (secondary N) is 1. The van der Waals surface area contributed by atoms with Gasteiger partial charge in [-0.1, -0.05) is 29.3 Å². The number of nitrogens with zero attached hydrogens (tertiary/aromatic N) is 3. The molecule has 1 aromatic heterocycles. The Morgan fingerprint density at radius 2 is 2.08 bits per heavy atom. The maximum atomic E-state index is 11.8. The van der Waals surface area contributed by atoms with E-state index in [1.807, 2.05) is 30.3 Å². The van der Waals surface area contributed by atoms with Crippen LogP contribution in [0.4, 0.5) is 17.2 Å². The molecule has 4 rings (SSSR count). The molecule has 5 nitrogen and oxygen atoms in total. The van der Waals surface area contributed by atoms with Crippen molar-refractivity contribution in [2.75, 3.05) is 16.8 Å². The van der Waals surface area contributed by atoms with Crippen LogP contribution in [0, 0.1) is 0 Å². The number of fused-ring (bicyclic) bond motifs is 2. The molecule has 1 aliphatic heterocycles. The fraction of sp³-hybridized carbons (Fsp3) is 0.105. The van der Waals surface area contributed by atoms with Crippen molar-refractivity contribution < 1.29 is 4.79 Å². The lowest BCUT2D eigenvalue weighted by atomic mass is 10.1. The molecule has 0 saturated heterocycles. The zero-order chi connectivity index (χ0) is 18.1. The number of rotatable bonds is 3. The van der Waals surface area contributed by atoms with Crippen LogP contribution in [0.1, 0.15) is 5.56 Å². The van der Waals surface area contributed by atoms with Gasteiger partial charge in [0.25, 0.3) is 0 Å². The molecule has 130 valence electrons. The van der Waals surface area contributed by atoms with Gasteiger partial charge in [-0.15, -0.1) is 0 Å². The summed E-state index contributed by atoms with van der Waals surface area (Å²) in [6.07, 6.45) is 3.73. The number of anilines is 3. The summed E-state index contributed by atoms with van der Waals surface area (Å²) in [5.74, 6) is 0.496. The van der Waals surface area contributed by atoms with Gasteiger partial charge >= 0.3 is 0 Å². The highest BCUT2D eigenvalue weighted by molar-refractivity contribution is 6.31. The van der Waals surface area contributed by atoms with Crippen LogP contribution in [0.3, 0.4) is 0 Å². The second-order valence-corrected chi connectivity index (χ2v) is 6.57. The molecule has 3 aromatic rings. The highest BCUT2D eigenvalue weighted by Crippen LogP contribution is 2.38. The molecular weight excluding hydrogens is 371 g/mol. The first kappa shape index (κ1) is 16.8. The first-order chi connectivity index (χ1) is 12.7. The number of hydrogen-bond acceptors (Lipinski definition) is 4. The van der Waals surface area contributed by atoms with Crippen molar-refractivity contribution in [1.29, 1.82) is 0 Å². The largest absolute Gasteiger partial charge is 0.325 e. The molecule has 7 heteroatoms. The maximum Gasteiger partial charge on any atom is 0.249 e. The molecule has 0 unspecified atom stereocenters. The fourth-order valence-corrected chi connectivity index (χ4v) is 3.43. The highest BCUT2D eigenvalue weighted by Gasteiger charge is 2.23. The minimum atomic E-state index is -0.295. The smallest absolute Gasteiger partial charge is 0.249 e. The Morgan fingerprint density at radius 3 is 2.92 bits per heavy atom. The second kappa shape index (κ2) is 6.94. The third-order valence-corrected chi connectivity index (χ3v) is 4.66. The van der Waals surface area contributed by atoms with E-state index >= 15 is 0 Å². The van der Waals surface area contributed by atoms with Crippen LogP contribution in [0.2, 0.25) is 5.02 Å². The Hall–Kier alpha value is -2.63. The third kappa shape index (κ3) is 3.11. The summed E-state index contributed by atoms with van der Waals surface area (Å²) >= 11 is 11.6. The predicted molar refractivity (Wildman–Crippen MR) is 105 cm³/mol. The first-order valence-corrected chi connectivity index (χ1v) is 8.85. The topological polar surface area (TPSA) is 58.1 Å². The standard InChI is InChI=1S/C19H14Cl2N4O/c20-7-5-18(26)24-14-3-4-16-15(10-14)19(23-11-22-16)25-8-6-12-1-2-13(21)9-17(12)25/h1-5,7,9-11H,6,8H2,(H,24,26). The van der Waals surface area contributed by atoms with Gasteiger partial charge in [-0.05, 0) is 42.3 Å². The summed E-state index contributed by atoms with van der Waals surface area (Å²) in [5.41, 5.74) is 4.92. The van der Waals surface area contributed by atoms with Gasteiger partial charge in [0, 0.05) is 39.9 Å². The van der Waals surface area contributed by atoms with Gasteiger partial charge in [0.1, 0.15) is 12.1 Å². The van der Waals surface area contributed by atoms with Crippen LogP contribution in [0.15, 0.2) is 54.3 Å². The molecule has 0 atom stereocenters. The van der Waals surface area contributed by atoms with Crippen LogP contribution in [-0.4, -0.2) is 22.4 Å². The van der Waals surface area contributed by atoms with Crippen LogP contribution in [0.25, 0.3) is 10.9 Å². The molecule has 0 saturated carbocycles. The van der Waals surface area contributed by atoms with E-state index in [9.17, 15) is 4.79 Å². The number of benzene rings is 2. The Kier molecular flexibility index (Phi) is 4.49. The number of carbonyl (C=O) groups is 1. The average molecular weight is 385 g/mol.